The highest BCUT2D eigenvalue weighted by molar-refractivity contribution is 5.96. The van der Waals surface area contributed by atoms with Crippen molar-refractivity contribution in [2.75, 3.05) is 11.9 Å². The molecule has 0 bridgehead atoms. The lowest BCUT2D eigenvalue weighted by molar-refractivity contribution is -0.120. The summed E-state index contributed by atoms with van der Waals surface area (Å²) >= 11 is 0. The van der Waals surface area contributed by atoms with Gasteiger partial charge in [-0.15, -0.1) is 0 Å². The van der Waals surface area contributed by atoms with Gasteiger partial charge < -0.3 is 10.1 Å². The maximum Gasteiger partial charge on any atom is 0.241 e. The third-order valence-corrected chi connectivity index (χ3v) is 4.76. The molecule has 1 aliphatic heterocycles. The maximum atomic E-state index is 13.0. The van der Waals surface area contributed by atoms with Crippen molar-refractivity contribution in [3.63, 3.8) is 0 Å². The van der Waals surface area contributed by atoms with Gasteiger partial charge in [-0.3, -0.25) is 19.7 Å². The van der Waals surface area contributed by atoms with Crippen molar-refractivity contribution in [3.05, 3.63) is 78.9 Å². The van der Waals surface area contributed by atoms with Gasteiger partial charge in [0.2, 0.25) is 5.91 Å². The number of anilines is 1. The van der Waals surface area contributed by atoms with E-state index in [1.807, 2.05) is 54.6 Å². The molecule has 1 aliphatic rings. The first-order valence-corrected chi connectivity index (χ1v) is 9.41. The summed E-state index contributed by atoms with van der Waals surface area (Å²) in [7, 11) is 0. The number of nitrogens with one attached hydrogen (secondary N) is 1. The van der Waals surface area contributed by atoms with Crippen molar-refractivity contribution in [3.8, 4) is 11.5 Å². The highest BCUT2D eigenvalue weighted by Crippen LogP contribution is 2.30. The van der Waals surface area contributed by atoms with Crippen LogP contribution in [0.15, 0.2) is 73.2 Å². The molecule has 142 valence electrons. The summed E-state index contributed by atoms with van der Waals surface area (Å²) in [6.45, 7) is 1.56. The molecule has 1 fully saturated rings. The van der Waals surface area contributed by atoms with E-state index in [0.29, 0.717) is 23.7 Å². The van der Waals surface area contributed by atoms with Crippen LogP contribution in [-0.4, -0.2) is 33.4 Å². The van der Waals surface area contributed by atoms with E-state index in [9.17, 15) is 4.79 Å². The molecular weight excluding hydrogens is 352 g/mol. The Hall–Kier alpha value is -3.25. The molecule has 6 heteroatoms. The molecule has 0 aliphatic carbocycles. The fourth-order valence-corrected chi connectivity index (χ4v) is 3.42. The topological polar surface area (TPSA) is 67.3 Å². The zero-order chi connectivity index (χ0) is 19.2. The monoisotopic (exact) mass is 374 g/mol. The van der Waals surface area contributed by atoms with Gasteiger partial charge in [0, 0.05) is 18.9 Å². The van der Waals surface area contributed by atoms with Crippen molar-refractivity contribution >= 4 is 11.6 Å². The molecule has 6 nitrogen and oxygen atoms in total. The summed E-state index contributed by atoms with van der Waals surface area (Å²) in [6.07, 6.45) is 6.95. The number of carbonyl (C=O) groups excluding carboxylic acids is 1. The first kappa shape index (κ1) is 18.1. The Balaban J connectivity index is 1.46. The molecular formula is C22H22N4O2. The van der Waals surface area contributed by atoms with Crippen LogP contribution >= 0.6 is 0 Å². The molecule has 1 N–H and O–H groups in total. The number of para-hydroxylation sites is 2. The first-order valence-electron chi connectivity index (χ1n) is 9.41. The predicted octanol–water partition coefficient (Wildman–Crippen LogP) is 3.87. The van der Waals surface area contributed by atoms with Crippen LogP contribution in [0.3, 0.4) is 0 Å². The van der Waals surface area contributed by atoms with Crippen LogP contribution in [0.4, 0.5) is 5.69 Å². The zero-order valence-electron chi connectivity index (χ0n) is 15.5. The Morgan fingerprint density at radius 2 is 2.00 bits per heavy atom. The maximum absolute atomic E-state index is 13.0. The lowest BCUT2D eigenvalue weighted by Gasteiger charge is -2.23. The predicted molar refractivity (Wildman–Crippen MR) is 107 cm³/mol. The Labute approximate surface area is 164 Å². The number of amides is 1. The Morgan fingerprint density at radius 1 is 1.11 bits per heavy atom. The molecule has 0 radical (unpaired) electrons. The second-order valence-electron chi connectivity index (χ2n) is 6.73. The number of hydrogen-bond acceptors (Lipinski definition) is 5. The minimum absolute atomic E-state index is 0.0179. The molecule has 0 saturated carbocycles. The molecule has 1 amide bonds. The highest BCUT2D eigenvalue weighted by atomic mass is 16.5. The quantitative estimate of drug-likeness (QED) is 0.709. The number of ether oxygens (including phenoxy) is 1. The summed E-state index contributed by atoms with van der Waals surface area (Å²) < 4.78 is 5.89. The second-order valence-corrected chi connectivity index (χ2v) is 6.73. The van der Waals surface area contributed by atoms with Crippen LogP contribution in [0.25, 0.3) is 0 Å². The molecule has 4 rings (SSSR count). The lowest BCUT2D eigenvalue weighted by Crippen LogP contribution is -2.39. The molecule has 28 heavy (non-hydrogen) atoms. The van der Waals surface area contributed by atoms with Crippen molar-refractivity contribution < 1.29 is 9.53 Å². The molecule has 1 unspecified atom stereocenters. The van der Waals surface area contributed by atoms with Crippen molar-refractivity contribution in [2.24, 2.45) is 0 Å². The third kappa shape index (κ3) is 4.35. The molecule has 1 atom stereocenters. The van der Waals surface area contributed by atoms with Crippen LogP contribution in [0.2, 0.25) is 0 Å². The Kier molecular flexibility index (Phi) is 5.58. The standard InChI is InChI=1S/C22H22N4O2/c27-22(20-10-6-14-26(20)16-17-7-3-4-13-24-17)25-19-9-1-2-11-21(19)28-18-8-5-12-23-15-18/h1-5,7-9,11-13,15,20H,6,10,14,16H2,(H,25,27). The summed E-state index contributed by atoms with van der Waals surface area (Å²) in [5.74, 6) is 1.20. The van der Waals surface area contributed by atoms with Crippen LogP contribution < -0.4 is 10.1 Å². The second kappa shape index (κ2) is 8.63. The minimum atomic E-state index is -0.173. The van der Waals surface area contributed by atoms with Gasteiger partial charge in [-0.25, -0.2) is 0 Å². The van der Waals surface area contributed by atoms with E-state index in [1.165, 1.54) is 0 Å². The number of benzene rings is 1. The molecule has 3 heterocycles. The van der Waals surface area contributed by atoms with Crippen molar-refractivity contribution in [1.29, 1.82) is 0 Å². The molecule has 3 aromatic rings. The van der Waals surface area contributed by atoms with Crippen molar-refractivity contribution in [1.82, 2.24) is 14.9 Å². The van der Waals surface area contributed by atoms with Crippen LogP contribution in [0.5, 0.6) is 11.5 Å². The van der Waals surface area contributed by atoms with Gasteiger partial charge in [-0.1, -0.05) is 18.2 Å². The average Bonchev–Trinajstić information content (AvgIpc) is 3.19. The smallest absolute Gasteiger partial charge is 0.241 e. The van der Waals surface area contributed by atoms with Crippen LogP contribution in [0.1, 0.15) is 18.5 Å². The SMILES string of the molecule is O=C(Nc1ccccc1Oc1cccnc1)C1CCCN1Cc1ccccn1. The van der Waals surface area contributed by atoms with Gasteiger partial charge in [-0.2, -0.15) is 0 Å². The fraction of sp³-hybridized carbons (Fsp3) is 0.227. The van der Waals surface area contributed by atoms with Crippen molar-refractivity contribution in [2.45, 2.75) is 25.4 Å². The third-order valence-electron chi connectivity index (χ3n) is 4.76. The number of rotatable bonds is 6. The number of likely N-dealkylation sites (tertiary alicyclic amines) is 1. The van der Waals surface area contributed by atoms with E-state index in [0.717, 1.165) is 25.1 Å². The molecule has 1 aromatic carbocycles. The van der Waals surface area contributed by atoms with E-state index in [2.05, 4.69) is 20.2 Å². The summed E-state index contributed by atoms with van der Waals surface area (Å²) in [6, 6.07) is 16.8. The summed E-state index contributed by atoms with van der Waals surface area (Å²) in [5, 5.41) is 3.04. The van der Waals surface area contributed by atoms with Gasteiger partial charge in [0.15, 0.2) is 5.75 Å². The van der Waals surface area contributed by atoms with Gasteiger partial charge in [0.1, 0.15) is 5.75 Å². The Morgan fingerprint density at radius 3 is 2.82 bits per heavy atom. The number of pyridine rings is 2. The van der Waals surface area contributed by atoms with Crippen LogP contribution in [0, 0.1) is 0 Å². The van der Waals surface area contributed by atoms with E-state index in [4.69, 9.17) is 4.74 Å². The highest BCUT2D eigenvalue weighted by Gasteiger charge is 2.31. The fourth-order valence-electron chi connectivity index (χ4n) is 3.42. The van der Waals surface area contributed by atoms with Gasteiger partial charge in [-0.05, 0) is 55.8 Å². The lowest BCUT2D eigenvalue weighted by atomic mass is 10.2. The van der Waals surface area contributed by atoms with Gasteiger partial charge >= 0.3 is 0 Å². The van der Waals surface area contributed by atoms with E-state index in [1.54, 1.807) is 18.6 Å². The zero-order valence-corrected chi connectivity index (χ0v) is 15.5. The minimum Gasteiger partial charge on any atom is -0.454 e. The average molecular weight is 374 g/mol. The number of hydrogen-bond donors (Lipinski definition) is 1. The van der Waals surface area contributed by atoms with E-state index < -0.39 is 0 Å². The summed E-state index contributed by atoms with van der Waals surface area (Å²) in [4.78, 5) is 23.6. The van der Waals surface area contributed by atoms with Crippen LogP contribution in [-0.2, 0) is 11.3 Å². The van der Waals surface area contributed by atoms with Gasteiger partial charge in [0.25, 0.3) is 0 Å². The molecule has 0 spiro atoms. The molecule has 2 aromatic heterocycles. The Bertz CT molecular complexity index is 918. The largest absolute Gasteiger partial charge is 0.454 e. The van der Waals surface area contributed by atoms with Gasteiger partial charge in [0.05, 0.1) is 23.6 Å². The number of carbonyl (C=O) groups is 1. The van der Waals surface area contributed by atoms with E-state index in [-0.39, 0.29) is 11.9 Å². The summed E-state index contributed by atoms with van der Waals surface area (Å²) in [5.41, 5.74) is 1.63. The van der Waals surface area contributed by atoms with E-state index >= 15 is 0 Å². The molecule has 1 saturated heterocycles. The number of aromatic nitrogens is 2. The number of nitrogens with zero attached hydrogens (tertiary/aromatic N) is 3. The first-order chi connectivity index (χ1) is 13.8. The normalized spacial score (nSPS) is 16.6.